The number of para-hydroxylation sites is 2. The third-order valence-electron chi connectivity index (χ3n) is 5.65. The molecule has 0 unspecified atom stereocenters. The lowest BCUT2D eigenvalue weighted by Gasteiger charge is -2.42. The monoisotopic (exact) mass is 468 g/mol. The van der Waals surface area contributed by atoms with Gasteiger partial charge in [-0.1, -0.05) is 30.0 Å². The van der Waals surface area contributed by atoms with Gasteiger partial charge in [-0.25, -0.2) is 4.98 Å². The molecule has 32 heavy (non-hydrogen) atoms. The molecule has 9 heteroatoms. The van der Waals surface area contributed by atoms with Crippen LogP contribution in [0.2, 0.25) is 0 Å². The number of carbonyl (C=O) groups excluding carboxylic acids is 2. The molecule has 0 fully saturated rings. The number of nitrogens with zero attached hydrogens (tertiary/aromatic N) is 3. The molecular weight excluding hydrogens is 444 g/mol. The Morgan fingerprint density at radius 3 is 2.72 bits per heavy atom. The second-order valence-corrected chi connectivity index (χ2v) is 10.3. The Bertz CT molecular complexity index is 1320. The number of thiophene rings is 1. The molecule has 0 aliphatic carbocycles. The molecule has 166 valence electrons. The summed E-state index contributed by atoms with van der Waals surface area (Å²) < 4.78 is 1.55. The average molecular weight is 469 g/mol. The maximum Gasteiger partial charge on any atom is 0.263 e. The summed E-state index contributed by atoms with van der Waals surface area (Å²) in [5.41, 5.74) is 1.01. The second-order valence-electron chi connectivity index (χ2n) is 8.11. The Balaban J connectivity index is 1.70. The first-order valence-electron chi connectivity index (χ1n) is 10.1. The Morgan fingerprint density at radius 1 is 1.28 bits per heavy atom. The lowest BCUT2D eigenvalue weighted by Crippen LogP contribution is -2.59. The number of carbonyl (C=O) groups is 2. The summed E-state index contributed by atoms with van der Waals surface area (Å²) in [6.07, 6.45) is 1.64. The fraction of sp³-hybridized carbons (Fsp3) is 0.304. The predicted molar refractivity (Wildman–Crippen MR) is 131 cm³/mol. The number of aromatic nitrogens is 2. The van der Waals surface area contributed by atoms with Gasteiger partial charge in [-0.2, -0.15) is 0 Å². The van der Waals surface area contributed by atoms with E-state index in [1.807, 2.05) is 32.0 Å². The van der Waals surface area contributed by atoms with E-state index in [1.165, 1.54) is 28.0 Å². The van der Waals surface area contributed by atoms with E-state index >= 15 is 0 Å². The molecule has 0 radical (unpaired) electrons. The Labute approximate surface area is 194 Å². The van der Waals surface area contributed by atoms with Crippen LogP contribution in [0.4, 0.5) is 11.4 Å². The van der Waals surface area contributed by atoms with Crippen LogP contribution in [-0.2, 0) is 16.1 Å². The smallest absolute Gasteiger partial charge is 0.263 e. The van der Waals surface area contributed by atoms with Crippen LogP contribution >= 0.6 is 23.1 Å². The van der Waals surface area contributed by atoms with Crippen molar-refractivity contribution in [3.05, 3.63) is 57.7 Å². The molecule has 1 aliphatic rings. The van der Waals surface area contributed by atoms with Gasteiger partial charge in [-0.15, -0.1) is 17.9 Å². The number of nitrogens with one attached hydrogen (secondary N) is 1. The van der Waals surface area contributed by atoms with Gasteiger partial charge in [0.1, 0.15) is 10.4 Å². The minimum absolute atomic E-state index is 0.0312. The van der Waals surface area contributed by atoms with E-state index in [-0.39, 0.29) is 23.1 Å². The molecule has 0 atom stereocenters. The molecule has 7 nitrogen and oxygen atoms in total. The molecular formula is C23H24N4O3S2. The van der Waals surface area contributed by atoms with Crippen molar-refractivity contribution in [1.82, 2.24) is 9.55 Å². The van der Waals surface area contributed by atoms with Gasteiger partial charge in [0.25, 0.3) is 5.56 Å². The average Bonchev–Trinajstić information content (AvgIpc) is 3.03. The van der Waals surface area contributed by atoms with E-state index in [0.717, 1.165) is 10.4 Å². The van der Waals surface area contributed by atoms with Gasteiger partial charge in [-0.05, 0) is 45.4 Å². The largest absolute Gasteiger partial charge is 0.322 e. The molecule has 2 amide bonds. The van der Waals surface area contributed by atoms with Gasteiger partial charge >= 0.3 is 0 Å². The lowest BCUT2D eigenvalue weighted by molar-refractivity contribution is -0.125. The molecule has 2 aromatic heterocycles. The van der Waals surface area contributed by atoms with E-state index in [9.17, 15) is 14.4 Å². The van der Waals surface area contributed by atoms with Crippen LogP contribution in [0.25, 0.3) is 10.2 Å². The van der Waals surface area contributed by atoms with Crippen LogP contribution in [0.1, 0.15) is 24.3 Å². The zero-order chi connectivity index (χ0) is 23.2. The highest BCUT2D eigenvalue weighted by atomic mass is 32.2. The minimum atomic E-state index is -1.05. The molecule has 3 heterocycles. The van der Waals surface area contributed by atoms with E-state index < -0.39 is 5.54 Å². The first-order chi connectivity index (χ1) is 15.2. The van der Waals surface area contributed by atoms with Crippen molar-refractivity contribution >= 4 is 56.5 Å². The molecule has 3 aromatic rings. The van der Waals surface area contributed by atoms with Gasteiger partial charge in [0.2, 0.25) is 11.8 Å². The zero-order valence-electron chi connectivity index (χ0n) is 18.4. The Morgan fingerprint density at radius 2 is 2.00 bits per heavy atom. The summed E-state index contributed by atoms with van der Waals surface area (Å²) in [6.45, 7) is 11.4. The number of amides is 2. The fourth-order valence-corrected chi connectivity index (χ4v) is 5.73. The molecule has 1 aromatic carbocycles. The first-order valence-corrected chi connectivity index (χ1v) is 11.9. The summed E-state index contributed by atoms with van der Waals surface area (Å²) >= 11 is 2.67. The summed E-state index contributed by atoms with van der Waals surface area (Å²) in [7, 11) is 0. The van der Waals surface area contributed by atoms with Gasteiger partial charge in [0.05, 0.1) is 22.5 Å². The molecule has 0 bridgehead atoms. The van der Waals surface area contributed by atoms with Gasteiger partial charge in [-0.3, -0.25) is 23.9 Å². The van der Waals surface area contributed by atoms with Crippen LogP contribution in [0.15, 0.2) is 46.9 Å². The summed E-state index contributed by atoms with van der Waals surface area (Å²) in [6, 6.07) is 7.23. The maximum absolute atomic E-state index is 13.4. The van der Waals surface area contributed by atoms with Crippen LogP contribution in [0.3, 0.4) is 0 Å². The standard InChI is InChI=1S/C23H24N4O3S2/c1-6-11-26-20(29)18-13(2)14(3)32-19(18)25-22(26)31-12-17(28)27-16-10-8-7-9-15(16)24-21(30)23(27,4)5/h6-10H,1,11-12H2,2-5H3,(H,24,30). The maximum atomic E-state index is 13.4. The summed E-state index contributed by atoms with van der Waals surface area (Å²) in [5.74, 6) is -0.453. The number of thioether (sulfide) groups is 1. The van der Waals surface area contributed by atoms with Crippen LogP contribution in [0, 0.1) is 13.8 Å². The number of anilines is 2. The molecule has 0 spiro atoms. The SMILES string of the molecule is C=CCn1c(SCC(=O)N2c3ccccc3NC(=O)C2(C)C)nc2sc(C)c(C)c2c1=O. The van der Waals surface area contributed by atoms with Crippen molar-refractivity contribution in [2.45, 2.75) is 44.9 Å². The second kappa shape index (κ2) is 8.22. The van der Waals surface area contributed by atoms with E-state index in [2.05, 4.69) is 11.9 Å². The van der Waals surface area contributed by atoms with E-state index in [4.69, 9.17) is 4.98 Å². The van der Waals surface area contributed by atoms with Crippen molar-refractivity contribution in [3.63, 3.8) is 0 Å². The number of hydrogen-bond acceptors (Lipinski definition) is 6. The normalized spacial score (nSPS) is 14.9. The molecule has 4 rings (SSSR count). The number of allylic oxidation sites excluding steroid dienone is 1. The minimum Gasteiger partial charge on any atom is -0.322 e. The Hall–Kier alpha value is -2.91. The van der Waals surface area contributed by atoms with Crippen LogP contribution in [0.5, 0.6) is 0 Å². The van der Waals surface area contributed by atoms with Crippen molar-refractivity contribution in [2.24, 2.45) is 0 Å². The van der Waals surface area contributed by atoms with Crippen molar-refractivity contribution < 1.29 is 9.59 Å². The third kappa shape index (κ3) is 3.55. The van der Waals surface area contributed by atoms with Crippen molar-refractivity contribution in [1.29, 1.82) is 0 Å². The third-order valence-corrected chi connectivity index (χ3v) is 7.71. The number of rotatable bonds is 5. The van der Waals surface area contributed by atoms with Gasteiger partial charge in [0.15, 0.2) is 5.16 Å². The summed E-state index contributed by atoms with van der Waals surface area (Å²) in [4.78, 5) is 47.1. The quantitative estimate of drug-likeness (QED) is 0.346. The van der Waals surface area contributed by atoms with Gasteiger partial charge in [0, 0.05) is 11.4 Å². The number of fused-ring (bicyclic) bond motifs is 2. The zero-order valence-corrected chi connectivity index (χ0v) is 20.0. The first kappa shape index (κ1) is 22.3. The molecule has 1 N–H and O–H groups in total. The fourth-order valence-electron chi connectivity index (χ4n) is 3.80. The number of hydrogen-bond donors (Lipinski definition) is 1. The van der Waals surface area contributed by atoms with Crippen LogP contribution in [-0.4, -0.2) is 32.7 Å². The lowest BCUT2D eigenvalue weighted by atomic mass is 9.96. The summed E-state index contributed by atoms with van der Waals surface area (Å²) in [5, 5.41) is 3.94. The van der Waals surface area contributed by atoms with Crippen LogP contribution < -0.4 is 15.8 Å². The number of aryl methyl sites for hydroxylation is 2. The highest BCUT2D eigenvalue weighted by Gasteiger charge is 2.43. The highest BCUT2D eigenvalue weighted by molar-refractivity contribution is 7.99. The topological polar surface area (TPSA) is 84.3 Å². The Kier molecular flexibility index (Phi) is 5.72. The molecule has 1 aliphatic heterocycles. The molecule has 0 saturated carbocycles. The van der Waals surface area contributed by atoms with Crippen molar-refractivity contribution in [2.75, 3.05) is 16.0 Å². The predicted octanol–water partition coefficient (Wildman–Crippen LogP) is 4.12. The van der Waals surface area contributed by atoms with Crippen molar-refractivity contribution in [3.8, 4) is 0 Å². The van der Waals surface area contributed by atoms with E-state index in [0.29, 0.717) is 33.3 Å². The van der Waals surface area contributed by atoms with E-state index in [1.54, 1.807) is 30.6 Å². The molecule has 0 saturated heterocycles. The van der Waals surface area contributed by atoms with Gasteiger partial charge < -0.3 is 5.32 Å². The highest BCUT2D eigenvalue weighted by Crippen LogP contribution is 2.37. The number of benzene rings is 1.